The second kappa shape index (κ2) is 7.11. The summed E-state index contributed by atoms with van der Waals surface area (Å²) in [5.74, 6) is -0.376. The fraction of sp³-hybridized carbons (Fsp3) is 0.385. The van der Waals surface area contributed by atoms with Crippen LogP contribution in [-0.2, 0) is 4.79 Å². The van der Waals surface area contributed by atoms with Crippen molar-refractivity contribution in [3.63, 3.8) is 0 Å². The normalized spacial score (nSPS) is 11.2. The summed E-state index contributed by atoms with van der Waals surface area (Å²) in [4.78, 5) is 24.9. The Bertz CT molecular complexity index is 473. The smallest absolute Gasteiger partial charge is 0.253 e. The number of halogens is 1. The first-order valence-corrected chi connectivity index (χ1v) is 5.71. The summed E-state index contributed by atoms with van der Waals surface area (Å²) in [5.41, 5.74) is 7.53. The first kappa shape index (κ1) is 17.4. The zero-order valence-electron chi connectivity index (χ0n) is 11.6. The zero-order chi connectivity index (χ0) is 13.9. The van der Waals surface area contributed by atoms with Crippen LogP contribution in [-0.4, -0.2) is 36.9 Å². The topological polar surface area (TPSA) is 75.4 Å². The van der Waals surface area contributed by atoms with Gasteiger partial charge in [0.05, 0.1) is 6.04 Å². The number of aryl methyl sites for hydroxylation is 1. The predicted octanol–water partition coefficient (Wildman–Crippen LogP) is 1.40. The standard InChI is InChI=1S/C13H19N3O2.ClH/c1-8-5-6-10(13(18)16(3)4)7-11(8)15-12(17)9(2)14;/h5-7,9H,14H2,1-4H3,(H,15,17);1H. The van der Waals surface area contributed by atoms with Crippen LogP contribution >= 0.6 is 12.4 Å². The molecule has 0 aromatic heterocycles. The Morgan fingerprint density at radius 2 is 1.89 bits per heavy atom. The first-order valence-electron chi connectivity index (χ1n) is 5.71. The Hall–Kier alpha value is -1.59. The van der Waals surface area contributed by atoms with Gasteiger partial charge in [-0.05, 0) is 31.5 Å². The minimum Gasteiger partial charge on any atom is -0.345 e. The maximum absolute atomic E-state index is 11.8. The van der Waals surface area contributed by atoms with Gasteiger partial charge < -0.3 is 16.0 Å². The number of rotatable bonds is 3. The molecular weight excluding hydrogens is 266 g/mol. The van der Waals surface area contributed by atoms with E-state index in [1.54, 1.807) is 39.2 Å². The van der Waals surface area contributed by atoms with E-state index in [-0.39, 0.29) is 24.2 Å². The predicted molar refractivity (Wildman–Crippen MR) is 78.7 cm³/mol. The van der Waals surface area contributed by atoms with Crippen molar-refractivity contribution < 1.29 is 9.59 Å². The van der Waals surface area contributed by atoms with Crippen molar-refractivity contribution in [2.45, 2.75) is 19.9 Å². The molecule has 106 valence electrons. The Morgan fingerprint density at radius 3 is 2.37 bits per heavy atom. The first-order chi connectivity index (χ1) is 8.32. The van der Waals surface area contributed by atoms with Crippen molar-refractivity contribution in [3.8, 4) is 0 Å². The maximum atomic E-state index is 11.8. The van der Waals surface area contributed by atoms with Crippen molar-refractivity contribution in [2.24, 2.45) is 5.73 Å². The lowest BCUT2D eigenvalue weighted by Crippen LogP contribution is -2.32. The summed E-state index contributed by atoms with van der Waals surface area (Å²) in [6.07, 6.45) is 0. The molecular formula is C13H20ClN3O2. The van der Waals surface area contributed by atoms with E-state index >= 15 is 0 Å². The van der Waals surface area contributed by atoms with Crippen LogP contribution in [0.4, 0.5) is 5.69 Å². The van der Waals surface area contributed by atoms with Crippen molar-refractivity contribution in [1.29, 1.82) is 0 Å². The third kappa shape index (κ3) is 4.54. The molecule has 1 aromatic carbocycles. The van der Waals surface area contributed by atoms with E-state index in [0.717, 1.165) is 5.56 Å². The monoisotopic (exact) mass is 285 g/mol. The highest BCUT2D eigenvalue weighted by Crippen LogP contribution is 2.17. The molecule has 1 atom stereocenters. The lowest BCUT2D eigenvalue weighted by atomic mass is 10.1. The van der Waals surface area contributed by atoms with Crippen LogP contribution in [0.25, 0.3) is 0 Å². The van der Waals surface area contributed by atoms with E-state index in [2.05, 4.69) is 5.32 Å². The second-order valence-corrected chi connectivity index (χ2v) is 4.51. The molecule has 2 amide bonds. The van der Waals surface area contributed by atoms with Crippen molar-refractivity contribution in [1.82, 2.24) is 4.90 Å². The molecule has 1 aromatic rings. The highest BCUT2D eigenvalue weighted by atomic mass is 35.5. The van der Waals surface area contributed by atoms with Crippen LogP contribution in [0.1, 0.15) is 22.8 Å². The zero-order valence-corrected chi connectivity index (χ0v) is 12.4. The number of nitrogens with two attached hydrogens (primary N) is 1. The Labute approximate surface area is 119 Å². The number of carbonyl (C=O) groups excluding carboxylic acids is 2. The maximum Gasteiger partial charge on any atom is 0.253 e. The van der Waals surface area contributed by atoms with Gasteiger partial charge in [0.25, 0.3) is 5.91 Å². The largest absolute Gasteiger partial charge is 0.345 e. The average Bonchev–Trinajstić information content (AvgIpc) is 2.30. The molecule has 0 aliphatic carbocycles. The molecule has 6 heteroatoms. The summed E-state index contributed by atoms with van der Waals surface area (Å²) in [7, 11) is 3.37. The highest BCUT2D eigenvalue weighted by molar-refractivity contribution is 5.98. The third-order valence-corrected chi connectivity index (χ3v) is 2.56. The van der Waals surface area contributed by atoms with Crippen LogP contribution in [0.2, 0.25) is 0 Å². The molecule has 1 rings (SSSR count). The van der Waals surface area contributed by atoms with Gasteiger partial charge in [-0.1, -0.05) is 6.07 Å². The van der Waals surface area contributed by atoms with Crippen molar-refractivity contribution in [2.75, 3.05) is 19.4 Å². The van der Waals surface area contributed by atoms with Gasteiger partial charge in [-0.3, -0.25) is 9.59 Å². The quantitative estimate of drug-likeness (QED) is 0.881. The summed E-state index contributed by atoms with van der Waals surface area (Å²) < 4.78 is 0. The number of carbonyl (C=O) groups is 2. The molecule has 0 saturated carbocycles. The number of benzene rings is 1. The Kier molecular flexibility index (Phi) is 6.52. The fourth-order valence-corrected chi connectivity index (χ4v) is 1.39. The van der Waals surface area contributed by atoms with E-state index in [1.807, 2.05) is 6.92 Å². The minimum absolute atomic E-state index is 0. The van der Waals surface area contributed by atoms with Gasteiger partial charge in [-0.25, -0.2) is 0 Å². The second-order valence-electron chi connectivity index (χ2n) is 4.51. The van der Waals surface area contributed by atoms with Gasteiger partial charge in [-0.2, -0.15) is 0 Å². The highest BCUT2D eigenvalue weighted by Gasteiger charge is 2.13. The molecule has 0 radical (unpaired) electrons. The van der Waals surface area contributed by atoms with E-state index in [1.165, 1.54) is 4.90 Å². The van der Waals surface area contributed by atoms with Gasteiger partial charge >= 0.3 is 0 Å². The molecule has 0 fully saturated rings. The lowest BCUT2D eigenvalue weighted by Gasteiger charge is -2.14. The van der Waals surface area contributed by atoms with Crippen LogP contribution in [0.3, 0.4) is 0 Å². The fourth-order valence-electron chi connectivity index (χ4n) is 1.39. The van der Waals surface area contributed by atoms with Crippen LogP contribution in [0.15, 0.2) is 18.2 Å². The molecule has 0 saturated heterocycles. The molecule has 3 N–H and O–H groups in total. The lowest BCUT2D eigenvalue weighted by molar-refractivity contribution is -0.117. The number of nitrogens with one attached hydrogen (secondary N) is 1. The SMILES string of the molecule is Cc1ccc(C(=O)N(C)C)cc1NC(=O)C(C)N.Cl. The third-order valence-electron chi connectivity index (χ3n) is 2.56. The van der Waals surface area contributed by atoms with Gasteiger partial charge in [0.1, 0.15) is 0 Å². The van der Waals surface area contributed by atoms with Gasteiger partial charge in [0.15, 0.2) is 0 Å². The Balaban J connectivity index is 0.00000324. The Morgan fingerprint density at radius 1 is 1.32 bits per heavy atom. The molecule has 0 spiro atoms. The van der Waals surface area contributed by atoms with E-state index in [9.17, 15) is 9.59 Å². The summed E-state index contributed by atoms with van der Waals surface area (Å²) in [6.45, 7) is 3.47. The number of anilines is 1. The molecule has 1 unspecified atom stereocenters. The van der Waals surface area contributed by atoms with Crippen molar-refractivity contribution in [3.05, 3.63) is 29.3 Å². The van der Waals surface area contributed by atoms with Gasteiger partial charge in [-0.15, -0.1) is 12.4 Å². The van der Waals surface area contributed by atoms with Crippen LogP contribution < -0.4 is 11.1 Å². The van der Waals surface area contributed by atoms with Crippen molar-refractivity contribution >= 4 is 29.9 Å². The van der Waals surface area contributed by atoms with E-state index in [0.29, 0.717) is 11.3 Å². The molecule has 5 nitrogen and oxygen atoms in total. The van der Waals surface area contributed by atoms with Gasteiger partial charge in [0.2, 0.25) is 5.91 Å². The van der Waals surface area contributed by atoms with Gasteiger partial charge in [0, 0.05) is 25.3 Å². The molecule has 0 heterocycles. The number of hydrogen-bond acceptors (Lipinski definition) is 3. The van der Waals surface area contributed by atoms with Crippen LogP contribution in [0.5, 0.6) is 0 Å². The molecule has 0 aliphatic heterocycles. The molecule has 0 bridgehead atoms. The van der Waals surface area contributed by atoms with E-state index < -0.39 is 6.04 Å². The van der Waals surface area contributed by atoms with Crippen LogP contribution in [0, 0.1) is 6.92 Å². The number of hydrogen-bond donors (Lipinski definition) is 2. The number of nitrogens with zero attached hydrogens (tertiary/aromatic N) is 1. The van der Waals surface area contributed by atoms with E-state index in [4.69, 9.17) is 5.73 Å². The minimum atomic E-state index is -0.586. The molecule has 0 aliphatic rings. The average molecular weight is 286 g/mol. The summed E-state index contributed by atoms with van der Waals surface area (Å²) in [6, 6.07) is 4.61. The number of amides is 2. The summed E-state index contributed by atoms with van der Waals surface area (Å²) >= 11 is 0. The molecule has 19 heavy (non-hydrogen) atoms. The summed E-state index contributed by atoms with van der Waals surface area (Å²) in [5, 5.41) is 2.71.